The number of halogens is 1. The molecular formula is C20H17BrO. The highest BCUT2D eigenvalue weighted by Gasteiger charge is 2.06. The Morgan fingerprint density at radius 1 is 0.636 bits per heavy atom. The average Bonchev–Trinajstić information content (AvgIpc) is 2.64. The number of carbonyl (C=O) groups excluding carboxylic acids is 1. The van der Waals surface area contributed by atoms with Crippen molar-refractivity contribution in [3.05, 3.63) is 108 Å². The molecule has 0 aliphatic rings. The Bertz CT molecular complexity index is 637. The number of hydrogen-bond acceptors (Lipinski definition) is 1. The fraction of sp³-hybridized carbons (Fsp3) is 0.0500. The molecule has 22 heavy (non-hydrogen) atoms. The van der Waals surface area contributed by atoms with Crippen molar-refractivity contribution in [3.63, 3.8) is 0 Å². The van der Waals surface area contributed by atoms with E-state index >= 15 is 0 Å². The summed E-state index contributed by atoms with van der Waals surface area (Å²) in [5.74, 6) is 0.0752. The lowest BCUT2D eigenvalue weighted by Crippen LogP contribution is -1.99. The molecule has 0 radical (unpaired) electrons. The summed E-state index contributed by atoms with van der Waals surface area (Å²) in [6.07, 6.45) is 0. The van der Waals surface area contributed by atoms with Gasteiger partial charge in [0.15, 0.2) is 5.78 Å². The summed E-state index contributed by atoms with van der Waals surface area (Å²) in [6.45, 7) is 0. The Morgan fingerprint density at radius 3 is 1.32 bits per heavy atom. The molecule has 0 fully saturated rings. The van der Waals surface area contributed by atoms with Crippen molar-refractivity contribution in [2.45, 2.75) is 5.33 Å². The first-order chi connectivity index (χ1) is 10.8. The fourth-order valence-electron chi connectivity index (χ4n) is 1.91. The van der Waals surface area contributed by atoms with Crippen LogP contribution in [0.25, 0.3) is 0 Å². The first-order valence-electron chi connectivity index (χ1n) is 7.06. The van der Waals surface area contributed by atoms with Crippen molar-refractivity contribution in [1.29, 1.82) is 0 Å². The largest absolute Gasteiger partial charge is 0.289 e. The zero-order valence-corrected chi connectivity index (χ0v) is 13.7. The van der Waals surface area contributed by atoms with Gasteiger partial charge in [0.25, 0.3) is 0 Å². The van der Waals surface area contributed by atoms with Gasteiger partial charge in [-0.15, -0.1) is 0 Å². The third kappa shape index (κ3) is 4.97. The highest BCUT2D eigenvalue weighted by Crippen LogP contribution is 2.08. The molecular weight excluding hydrogens is 336 g/mol. The Morgan fingerprint density at radius 2 is 1.00 bits per heavy atom. The molecule has 1 nitrogen and oxygen atoms in total. The van der Waals surface area contributed by atoms with Gasteiger partial charge in [0.2, 0.25) is 0 Å². The lowest BCUT2D eigenvalue weighted by atomic mass is 10.0. The molecule has 0 atom stereocenters. The van der Waals surface area contributed by atoms with Crippen molar-refractivity contribution in [2.75, 3.05) is 0 Å². The minimum absolute atomic E-state index is 0.0752. The minimum Gasteiger partial charge on any atom is -0.289 e. The number of benzene rings is 3. The van der Waals surface area contributed by atoms with Crippen LogP contribution >= 0.6 is 15.9 Å². The number of alkyl halides is 1. The van der Waals surface area contributed by atoms with E-state index < -0.39 is 0 Å². The lowest BCUT2D eigenvalue weighted by Gasteiger charge is -1.99. The normalized spacial score (nSPS) is 9.50. The average molecular weight is 353 g/mol. The predicted molar refractivity (Wildman–Crippen MR) is 95.4 cm³/mol. The van der Waals surface area contributed by atoms with Crippen LogP contribution < -0.4 is 0 Å². The summed E-state index contributed by atoms with van der Waals surface area (Å²) in [5.41, 5.74) is 2.80. The van der Waals surface area contributed by atoms with Crippen molar-refractivity contribution in [2.24, 2.45) is 0 Å². The third-order valence-corrected chi connectivity index (χ3v) is 3.72. The van der Waals surface area contributed by atoms with Gasteiger partial charge in [0.05, 0.1) is 0 Å². The van der Waals surface area contributed by atoms with Crippen LogP contribution in [0, 0.1) is 0 Å². The molecule has 0 aliphatic heterocycles. The van der Waals surface area contributed by atoms with Gasteiger partial charge < -0.3 is 0 Å². The Hall–Kier alpha value is -2.19. The molecule has 0 unspecified atom stereocenters. The number of ketones is 1. The Balaban J connectivity index is 0.000000188. The van der Waals surface area contributed by atoms with E-state index in [1.807, 2.05) is 78.9 Å². The maximum Gasteiger partial charge on any atom is 0.193 e. The summed E-state index contributed by atoms with van der Waals surface area (Å²) in [6, 6.07) is 28.9. The molecule has 3 aromatic carbocycles. The van der Waals surface area contributed by atoms with E-state index in [1.165, 1.54) is 5.56 Å². The molecule has 0 bridgehead atoms. The summed E-state index contributed by atoms with van der Waals surface area (Å²) < 4.78 is 0. The van der Waals surface area contributed by atoms with Crippen molar-refractivity contribution in [3.8, 4) is 0 Å². The van der Waals surface area contributed by atoms with Gasteiger partial charge in [-0.2, -0.15) is 0 Å². The van der Waals surface area contributed by atoms with Gasteiger partial charge in [0.1, 0.15) is 0 Å². The molecule has 0 aliphatic carbocycles. The maximum absolute atomic E-state index is 11.8. The zero-order chi connectivity index (χ0) is 15.6. The smallest absolute Gasteiger partial charge is 0.193 e. The van der Waals surface area contributed by atoms with Crippen LogP contribution in [0.5, 0.6) is 0 Å². The molecule has 0 saturated carbocycles. The van der Waals surface area contributed by atoms with Crippen LogP contribution in [0.1, 0.15) is 21.5 Å². The monoisotopic (exact) mass is 352 g/mol. The van der Waals surface area contributed by atoms with Crippen molar-refractivity contribution >= 4 is 21.7 Å². The van der Waals surface area contributed by atoms with Crippen LogP contribution in [0.2, 0.25) is 0 Å². The first kappa shape index (κ1) is 16.2. The van der Waals surface area contributed by atoms with E-state index in [9.17, 15) is 4.79 Å². The van der Waals surface area contributed by atoms with E-state index in [0.717, 1.165) is 16.5 Å². The Labute approximate surface area is 139 Å². The second-order valence-corrected chi connectivity index (χ2v) is 5.24. The zero-order valence-electron chi connectivity index (χ0n) is 12.2. The molecule has 0 amide bonds. The van der Waals surface area contributed by atoms with Crippen molar-refractivity contribution < 1.29 is 4.79 Å². The first-order valence-corrected chi connectivity index (χ1v) is 8.18. The molecule has 0 saturated heterocycles. The summed E-state index contributed by atoms with van der Waals surface area (Å²) >= 11 is 3.36. The minimum atomic E-state index is 0.0752. The number of hydrogen-bond donors (Lipinski definition) is 0. The maximum atomic E-state index is 11.8. The quantitative estimate of drug-likeness (QED) is 0.449. The fourth-order valence-corrected chi connectivity index (χ4v) is 2.29. The number of rotatable bonds is 3. The van der Waals surface area contributed by atoms with E-state index in [0.29, 0.717) is 0 Å². The van der Waals surface area contributed by atoms with Gasteiger partial charge >= 0.3 is 0 Å². The van der Waals surface area contributed by atoms with E-state index in [2.05, 4.69) is 28.1 Å². The van der Waals surface area contributed by atoms with Gasteiger partial charge in [-0.05, 0) is 5.56 Å². The van der Waals surface area contributed by atoms with Crippen LogP contribution in [-0.4, -0.2) is 5.78 Å². The SMILES string of the molecule is BrCc1ccccc1.O=C(c1ccccc1)c1ccccc1. The second kappa shape index (κ2) is 8.96. The highest BCUT2D eigenvalue weighted by molar-refractivity contribution is 9.08. The van der Waals surface area contributed by atoms with Gasteiger partial charge in [-0.25, -0.2) is 0 Å². The second-order valence-electron chi connectivity index (χ2n) is 4.68. The molecule has 110 valence electrons. The Kier molecular flexibility index (Phi) is 6.59. The van der Waals surface area contributed by atoms with E-state index in [-0.39, 0.29) is 5.78 Å². The molecule has 0 aromatic heterocycles. The molecule has 0 N–H and O–H groups in total. The summed E-state index contributed by atoms with van der Waals surface area (Å²) in [7, 11) is 0. The molecule has 2 heteroatoms. The van der Waals surface area contributed by atoms with Crippen LogP contribution in [0.4, 0.5) is 0 Å². The topological polar surface area (TPSA) is 17.1 Å². The van der Waals surface area contributed by atoms with Crippen LogP contribution in [0.15, 0.2) is 91.0 Å². The van der Waals surface area contributed by atoms with Gasteiger partial charge in [0, 0.05) is 16.5 Å². The van der Waals surface area contributed by atoms with Gasteiger partial charge in [-0.3, -0.25) is 4.79 Å². The van der Waals surface area contributed by atoms with Crippen molar-refractivity contribution in [1.82, 2.24) is 0 Å². The molecule has 0 heterocycles. The lowest BCUT2D eigenvalue weighted by molar-refractivity contribution is 0.103. The van der Waals surface area contributed by atoms with E-state index in [4.69, 9.17) is 0 Å². The predicted octanol–water partition coefficient (Wildman–Crippen LogP) is 5.50. The summed E-state index contributed by atoms with van der Waals surface area (Å²) in [5, 5.41) is 0.952. The highest BCUT2D eigenvalue weighted by atomic mass is 79.9. The number of carbonyl (C=O) groups is 1. The molecule has 3 rings (SSSR count). The standard InChI is InChI=1S/C13H10O.C7H7Br/c14-13(11-7-3-1-4-8-11)12-9-5-2-6-10-12;8-6-7-4-2-1-3-5-7/h1-10H;1-5H,6H2. The third-order valence-electron chi connectivity index (χ3n) is 3.07. The molecule has 0 spiro atoms. The van der Waals surface area contributed by atoms with Crippen LogP contribution in [0.3, 0.4) is 0 Å². The van der Waals surface area contributed by atoms with Crippen LogP contribution in [-0.2, 0) is 5.33 Å². The molecule has 3 aromatic rings. The van der Waals surface area contributed by atoms with Gasteiger partial charge in [-0.1, -0.05) is 107 Å². The summed E-state index contributed by atoms with van der Waals surface area (Å²) in [4.78, 5) is 11.8. The van der Waals surface area contributed by atoms with E-state index in [1.54, 1.807) is 0 Å².